The molecule has 3 rings (SSSR count). The molecule has 116 valence electrons. The van der Waals surface area contributed by atoms with E-state index >= 15 is 0 Å². The van der Waals surface area contributed by atoms with E-state index in [1.54, 1.807) is 19.5 Å². The fourth-order valence-corrected chi connectivity index (χ4v) is 2.38. The Morgan fingerprint density at radius 1 is 1.00 bits per heavy atom. The van der Waals surface area contributed by atoms with Crippen molar-refractivity contribution in [3.63, 3.8) is 0 Å². The molecule has 0 fully saturated rings. The number of nitrogen functional groups attached to an aromatic ring is 1. The van der Waals surface area contributed by atoms with Gasteiger partial charge in [-0.25, -0.2) is 0 Å². The second-order valence-corrected chi connectivity index (χ2v) is 5.10. The molecule has 2 aromatic carbocycles. The van der Waals surface area contributed by atoms with Gasteiger partial charge in [-0.05, 0) is 23.8 Å². The zero-order valence-corrected chi connectivity index (χ0v) is 12.9. The number of methoxy groups -OCH3 is 1. The molecule has 0 atom stereocenters. The Morgan fingerprint density at radius 2 is 1.83 bits per heavy atom. The number of aromatic nitrogens is 1. The quantitative estimate of drug-likeness (QED) is 0.726. The van der Waals surface area contributed by atoms with E-state index in [0.29, 0.717) is 12.3 Å². The third-order valence-electron chi connectivity index (χ3n) is 3.56. The van der Waals surface area contributed by atoms with Crippen LogP contribution in [0.3, 0.4) is 0 Å². The van der Waals surface area contributed by atoms with Crippen LogP contribution in [0.5, 0.6) is 11.5 Å². The molecule has 4 nitrogen and oxygen atoms in total. The summed E-state index contributed by atoms with van der Waals surface area (Å²) in [5, 5.41) is 0. The van der Waals surface area contributed by atoms with Gasteiger partial charge >= 0.3 is 0 Å². The first-order chi connectivity index (χ1) is 11.3. The number of hydrogen-bond donors (Lipinski definition) is 1. The van der Waals surface area contributed by atoms with Crippen molar-refractivity contribution in [2.24, 2.45) is 0 Å². The zero-order chi connectivity index (χ0) is 16.1. The fraction of sp³-hybridized carbons (Fsp3) is 0.105. The normalized spacial score (nSPS) is 10.3. The van der Waals surface area contributed by atoms with E-state index in [2.05, 4.69) is 4.98 Å². The van der Waals surface area contributed by atoms with Crippen LogP contribution in [-0.2, 0) is 6.61 Å². The number of pyridine rings is 1. The Hall–Kier alpha value is -3.01. The number of rotatable bonds is 5. The molecule has 0 aliphatic heterocycles. The Labute approximate surface area is 135 Å². The van der Waals surface area contributed by atoms with Gasteiger partial charge in [0.15, 0.2) is 0 Å². The summed E-state index contributed by atoms with van der Waals surface area (Å²) in [4.78, 5) is 4.14. The van der Waals surface area contributed by atoms with Crippen LogP contribution in [0.4, 0.5) is 5.69 Å². The molecule has 23 heavy (non-hydrogen) atoms. The van der Waals surface area contributed by atoms with Crippen LogP contribution in [0.1, 0.15) is 5.56 Å². The second kappa shape index (κ2) is 6.83. The number of ether oxygens (including phenoxy) is 2. The summed E-state index contributed by atoms with van der Waals surface area (Å²) in [6.45, 7) is 0.510. The monoisotopic (exact) mass is 306 g/mol. The molecule has 0 aliphatic rings. The summed E-state index contributed by atoms with van der Waals surface area (Å²) in [6, 6.07) is 17.5. The molecule has 0 saturated heterocycles. The van der Waals surface area contributed by atoms with Crippen LogP contribution >= 0.6 is 0 Å². The average molecular weight is 306 g/mol. The van der Waals surface area contributed by atoms with E-state index in [4.69, 9.17) is 15.2 Å². The lowest BCUT2D eigenvalue weighted by atomic mass is 10.0. The SMILES string of the molecule is COc1ccncc1-c1ccc(OCc2ccccc2)cc1N. The molecule has 1 heterocycles. The van der Waals surface area contributed by atoms with E-state index in [0.717, 1.165) is 28.2 Å². The van der Waals surface area contributed by atoms with E-state index in [-0.39, 0.29) is 0 Å². The standard InChI is InChI=1S/C19H18N2O2/c1-22-19-9-10-21-12-17(19)16-8-7-15(11-18(16)20)23-13-14-5-3-2-4-6-14/h2-12H,13,20H2,1H3. The highest BCUT2D eigenvalue weighted by Crippen LogP contribution is 2.34. The first-order valence-corrected chi connectivity index (χ1v) is 7.32. The van der Waals surface area contributed by atoms with Gasteiger partial charge in [0.1, 0.15) is 18.1 Å². The third kappa shape index (κ3) is 3.43. The Kier molecular flexibility index (Phi) is 4.43. The van der Waals surface area contributed by atoms with E-state index in [9.17, 15) is 0 Å². The molecule has 0 bridgehead atoms. The smallest absolute Gasteiger partial charge is 0.129 e. The minimum absolute atomic E-state index is 0.510. The Morgan fingerprint density at radius 3 is 2.57 bits per heavy atom. The van der Waals surface area contributed by atoms with Gasteiger partial charge in [-0.2, -0.15) is 0 Å². The molecule has 0 aliphatic carbocycles. The molecular weight excluding hydrogens is 288 g/mol. The van der Waals surface area contributed by atoms with Gasteiger partial charge in [-0.1, -0.05) is 30.3 Å². The van der Waals surface area contributed by atoms with Crippen LogP contribution in [0, 0.1) is 0 Å². The van der Waals surface area contributed by atoms with Gasteiger partial charge in [-0.15, -0.1) is 0 Å². The second-order valence-electron chi connectivity index (χ2n) is 5.10. The number of nitrogens with two attached hydrogens (primary N) is 1. The summed E-state index contributed by atoms with van der Waals surface area (Å²) in [5.41, 5.74) is 9.66. The average Bonchev–Trinajstić information content (AvgIpc) is 2.61. The van der Waals surface area contributed by atoms with Crippen molar-refractivity contribution in [3.05, 3.63) is 72.6 Å². The van der Waals surface area contributed by atoms with Gasteiger partial charge in [0.05, 0.1) is 7.11 Å². The lowest BCUT2D eigenvalue weighted by molar-refractivity contribution is 0.306. The van der Waals surface area contributed by atoms with Crippen LogP contribution in [0.25, 0.3) is 11.1 Å². The zero-order valence-electron chi connectivity index (χ0n) is 12.9. The molecule has 0 spiro atoms. The van der Waals surface area contributed by atoms with Crippen LogP contribution in [-0.4, -0.2) is 12.1 Å². The highest BCUT2D eigenvalue weighted by Gasteiger charge is 2.10. The summed E-state index contributed by atoms with van der Waals surface area (Å²) in [6.07, 6.45) is 3.44. The van der Waals surface area contributed by atoms with Gasteiger partial charge in [0.2, 0.25) is 0 Å². The Bertz CT molecular complexity index is 788. The van der Waals surface area contributed by atoms with Crippen LogP contribution in [0.2, 0.25) is 0 Å². The van der Waals surface area contributed by atoms with Crippen molar-refractivity contribution in [2.45, 2.75) is 6.61 Å². The lowest BCUT2D eigenvalue weighted by Crippen LogP contribution is -1.98. The van der Waals surface area contributed by atoms with E-state index in [1.165, 1.54) is 0 Å². The maximum atomic E-state index is 6.18. The van der Waals surface area contributed by atoms with Crippen molar-refractivity contribution in [2.75, 3.05) is 12.8 Å². The summed E-state index contributed by atoms with van der Waals surface area (Å²) in [5.74, 6) is 1.47. The fourth-order valence-electron chi connectivity index (χ4n) is 2.38. The van der Waals surface area contributed by atoms with Crippen molar-refractivity contribution in [3.8, 4) is 22.6 Å². The molecule has 3 aromatic rings. The van der Waals surface area contributed by atoms with E-state index in [1.807, 2.05) is 54.6 Å². The molecule has 0 saturated carbocycles. The third-order valence-corrected chi connectivity index (χ3v) is 3.56. The predicted octanol–water partition coefficient (Wildman–Crippen LogP) is 3.92. The Balaban J connectivity index is 1.81. The largest absolute Gasteiger partial charge is 0.496 e. The molecule has 1 aromatic heterocycles. The number of hydrogen-bond acceptors (Lipinski definition) is 4. The van der Waals surface area contributed by atoms with Crippen molar-refractivity contribution >= 4 is 5.69 Å². The van der Waals surface area contributed by atoms with Gasteiger partial charge in [0, 0.05) is 35.3 Å². The first-order valence-electron chi connectivity index (χ1n) is 7.32. The van der Waals surface area contributed by atoms with Crippen molar-refractivity contribution in [1.82, 2.24) is 4.98 Å². The van der Waals surface area contributed by atoms with E-state index < -0.39 is 0 Å². The van der Waals surface area contributed by atoms with Crippen LogP contribution in [0.15, 0.2) is 67.0 Å². The van der Waals surface area contributed by atoms with Gasteiger partial charge in [0.25, 0.3) is 0 Å². The molecular formula is C19H18N2O2. The first kappa shape index (κ1) is 14.9. The maximum Gasteiger partial charge on any atom is 0.129 e. The minimum Gasteiger partial charge on any atom is -0.496 e. The number of benzene rings is 2. The molecule has 4 heteroatoms. The maximum absolute atomic E-state index is 6.18. The lowest BCUT2D eigenvalue weighted by Gasteiger charge is -2.12. The summed E-state index contributed by atoms with van der Waals surface area (Å²) >= 11 is 0. The number of nitrogens with zero attached hydrogens (tertiary/aromatic N) is 1. The molecule has 2 N–H and O–H groups in total. The summed E-state index contributed by atoms with van der Waals surface area (Å²) in [7, 11) is 1.63. The van der Waals surface area contributed by atoms with Gasteiger partial charge in [-0.3, -0.25) is 4.98 Å². The predicted molar refractivity (Wildman–Crippen MR) is 91.4 cm³/mol. The molecule has 0 unspecified atom stereocenters. The number of anilines is 1. The topological polar surface area (TPSA) is 57.4 Å². The van der Waals surface area contributed by atoms with Crippen molar-refractivity contribution < 1.29 is 9.47 Å². The molecule has 0 radical (unpaired) electrons. The van der Waals surface area contributed by atoms with Crippen LogP contribution < -0.4 is 15.2 Å². The highest BCUT2D eigenvalue weighted by atomic mass is 16.5. The summed E-state index contributed by atoms with van der Waals surface area (Å²) < 4.78 is 11.2. The highest BCUT2D eigenvalue weighted by molar-refractivity contribution is 5.80. The molecule has 0 amide bonds. The van der Waals surface area contributed by atoms with Crippen molar-refractivity contribution in [1.29, 1.82) is 0 Å². The van der Waals surface area contributed by atoms with Gasteiger partial charge < -0.3 is 15.2 Å². The minimum atomic E-state index is 0.510.